The molecule has 0 unspecified atom stereocenters. The van der Waals surface area contributed by atoms with Crippen molar-refractivity contribution in [2.75, 3.05) is 93.5 Å². The van der Waals surface area contributed by atoms with Gasteiger partial charge in [-0.3, -0.25) is 0 Å². The molecule has 0 saturated carbocycles. The van der Waals surface area contributed by atoms with Crippen LogP contribution < -0.4 is 27.7 Å². The fraction of sp³-hybridized carbons (Fsp3) is 0.387. The Bertz CT molecular complexity index is 2720. The van der Waals surface area contributed by atoms with Gasteiger partial charge in [-0.15, -0.1) is 0 Å². The summed E-state index contributed by atoms with van der Waals surface area (Å²) in [5.74, 6) is 1.73. The maximum atomic E-state index is 6.31. The fourth-order valence-corrected chi connectivity index (χ4v) is 8.99. The van der Waals surface area contributed by atoms with Crippen molar-refractivity contribution in [1.82, 2.24) is 18.3 Å². The van der Waals surface area contributed by atoms with E-state index in [1.165, 1.54) is 0 Å². The molecule has 0 fully saturated rings. The van der Waals surface area contributed by atoms with Crippen LogP contribution in [0.5, 0.6) is 11.5 Å². The second-order valence-electron chi connectivity index (χ2n) is 19.0. The predicted molar refractivity (Wildman–Crippen MR) is 297 cm³/mol. The quantitative estimate of drug-likeness (QED) is 0.0229. The van der Waals surface area contributed by atoms with Gasteiger partial charge in [0, 0.05) is 14.2 Å². The number of aromatic nitrogens is 8. The Morgan fingerprint density at radius 3 is 1.01 bits per heavy atom. The maximum absolute atomic E-state index is 6.31. The standard InChI is InChI=1S/C62H80N8O8/c1-71-41-43-75-47-45-73-39-35-65-29-33-69(51-65)53-67-31-27-63(49-67)25-9-11-37-77-59-21-17-57(18-22-59)61(55-13-5-3-6-14-55)62(56-15-7-4-8-16-56)58-19-23-60(24-20-58)78-38-12-10-26-64-28-32-68(50-64)54-70-34-30-66(52-70)36-40-74-46-48-76-44-42-72-2/h3-8,13-24,27-34,49-52H,9-12,25-26,35-48,53-54H2,1-2H3/q+4/b62-61+. The first kappa shape index (κ1) is 57.0. The summed E-state index contributed by atoms with van der Waals surface area (Å²) in [5.41, 5.74) is 6.84. The number of unbranched alkanes of at least 4 members (excludes halogenated alkanes) is 2. The van der Waals surface area contributed by atoms with Crippen LogP contribution in [0.2, 0.25) is 0 Å². The molecule has 0 aliphatic rings. The zero-order valence-electron chi connectivity index (χ0n) is 45.7. The molecular weight excluding hydrogens is 985 g/mol. The number of hydrogen-bond donors (Lipinski definition) is 0. The van der Waals surface area contributed by atoms with Gasteiger partial charge in [-0.1, -0.05) is 84.9 Å². The van der Waals surface area contributed by atoms with E-state index in [1.54, 1.807) is 14.2 Å². The normalized spacial score (nSPS) is 11.8. The lowest BCUT2D eigenvalue weighted by Crippen LogP contribution is -2.49. The number of ether oxygens (including phenoxy) is 8. The summed E-state index contributed by atoms with van der Waals surface area (Å²) in [6.45, 7) is 12.2. The van der Waals surface area contributed by atoms with Crippen molar-refractivity contribution in [3.63, 3.8) is 0 Å². The Morgan fingerprint density at radius 1 is 0.333 bits per heavy atom. The molecule has 0 amide bonds. The Hall–Kier alpha value is -7.18. The Balaban J connectivity index is 0.783. The predicted octanol–water partition coefficient (Wildman–Crippen LogP) is 7.14. The molecule has 78 heavy (non-hydrogen) atoms. The van der Waals surface area contributed by atoms with Crippen molar-refractivity contribution in [2.45, 2.75) is 65.2 Å². The van der Waals surface area contributed by atoms with E-state index in [0.717, 1.165) is 110 Å². The minimum atomic E-state index is 0.578. The van der Waals surface area contributed by atoms with Gasteiger partial charge in [0.05, 0.1) is 92.4 Å². The summed E-state index contributed by atoms with van der Waals surface area (Å²) >= 11 is 0. The summed E-state index contributed by atoms with van der Waals surface area (Å²) in [4.78, 5) is 0. The lowest BCUT2D eigenvalue weighted by molar-refractivity contribution is -0.913. The van der Waals surface area contributed by atoms with E-state index in [0.29, 0.717) is 79.3 Å². The van der Waals surface area contributed by atoms with Crippen LogP contribution in [-0.4, -0.2) is 112 Å². The van der Waals surface area contributed by atoms with Crippen LogP contribution in [0.15, 0.2) is 184 Å². The summed E-state index contributed by atoms with van der Waals surface area (Å²) in [5, 5.41) is 0. The molecule has 4 aromatic carbocycles. The van der Waals surface area contributed by atoms with Gasteiger partial charge in [0.15, 0.2) is 0 Å². The SMILES string of the molecule is COCCOCCOCCn1cc[n+](C[n+]2ccn(CCCCOc3ccc(/C(=C(\c4ccccc4)c4ccc(OCCCCn5cc[n+](C[n+]6ccn(CCOCCOCCOC)c6)c5)cc4)c4ccccc4)cc3)c2)c1. The molecule has 0 N–H and O–H groups in total. The fourth-order valence-electron chi connectivity index (χ4n) is 8.99. The summed E-state index contributed by atoms with van der Waals surface area (Å²) in [6.07, 6.45) is 29.3. The van der Waals surface area contributed by atoms with Crippen LogP contribution in [0.3, 0.4) is 0 Å². The molecular formula is C62H80N8O8+4. The van der Waals surface area contributed by atoms with Crippen molar-refractivity contribution in [3.05, 3.63) is 206 Å². The number of methoxy groups -OCH3 is 2. The van der Waals surface area contributed by atoms with Gasteiger partial charge in [0.1, 0.15) is 74.2 Å². The molecule has 0 saturated heterocycles. The van der Waals surface area contributed by atoms with E-state index in [-0.39, 0.29) is 0 Å². The van der Waals surface area contributed by atoms with E-state index in [9.17, 15) is 0 Å². The van der Waals surface area contributed by atoms with Crippen LogP contribution in [0, 0.1) is 0 Å². The number of imidazole rings is 4. The van der Waals surface area contributed by atoms with Crippen LogP contribution in [0.25, 0.3) is 11.1 Å². The minimum absolute atomic E-state index is 0.578. The van der Waals surface area contributed by atoms with Crippen molar-refractivity contribution in [2.24, 2.45) is 0 Å². The molecule has 4 heterocycles. The van der Waals surface area contributed by atoms with Gasteiger partial charge < -0.3 is 37.9 Å². The van der Waals surface area contributed by atoms with Crippen LogP contribution in [-0.2, 0) is 67.9 Å². The Morgan fingerprint density at radius 2 is 0.654 bits per heavy atom. The number of benzene rings is 4. The van der Waals surface area contributed by atoms with Crippen LogP contribution >= 0.6 is 0 Å². The van der Waals surface area contributed by atoms with E-state index >= 15 is 0 Å². The van der Waals surface area contributed by atoms with Gasteiger partial charge >= 0.3 is 0 Å². The molecule has 412 valence electrons. The maximum Gasteiger partial charge on any atom is 0.247 e. The lowest BCUT2D eigenvalue weighted by atomic mass is 9.86. The third kappa shape index (κ3) is 19.1. The van der Waals surface area contributed by atoms with Crippen molar-refractivity contribution in [3.8, 4) is 11.5 Å². The average Bonchev–Trinajstić information content (AvgIpc) is 4.34. The smallest absolute Gasteiger partial charge is 0.247 e. The number of aryl methyl sites for hydroxylation is 2. The molecule has 0 spiro atoms. The second-order valence-corrected chi connectivity index (χ2v) is 19.0. The third-order valence-electron chi connectivity index (χ3n) is 13.1. The topological polar surface area (TPSA) is 109 Å². The highest BCUT2D eigenvalue weighted by Gasteiger charge is 2.18. The highest BCUT2D eigenvalue weighted by atomic mass is 16.5. The van der Waals surface area contributed by atoms with Gasteiger partial charge in [0.25, 0.3) is 0 Å². The second kappa shape index (κ2) is 32.5. The minimum Gasteiger partial charge on any atom is -0.494 e. The summed E-state index contributed by atoms with van der Waals surface area (Å²) < 4.78 is 62.4. The first-order valence-electron chi connectivity index (χ1n) is 27.4. The zero-order valence-corrected chi connectivity index (χ0v) is 45.7. The average molecular weight is 1070 g/mol. The molecule has 4 aromatic heterocycles. The molecule has 0 aliphatic carbocycles. The third-order valence-corrected chi connectivity index (χ3v) is 13.1. The van der Waals surface area contributed by atoms with Crippen molar-refractivity contribution >= 4 is 11.1 Å². The molecule has 16 heteroatoms. The van der Waals surface area contributed by atoms with Crippen molar-refractivity contribution in [1.29, 1.82) is 0 Å². The highest BCUT2D eigenvalue weighted by molar-refractivity contribution is 6.04. The number of hydrogen-bond acceptors (Lipinski definition) is 8. The van der Waals surface area contributed by atoms with E-state index in [1.807, 2.05) is 0 Å². The largest absolute Gasteiger partial charge is 0.494 e. The number of nitrogens with zero attached hydrogens (tertiary/aromatic N) is 8. The van der Waals surface area contributed by atoms with E-state index in [4.69, 9.17) is 37.9 Å². The van der Waals surface area contributed by atoms with Crippen LogP contribution in [0.1, 0.15) is 47.9 Å². The zero-order chi connectivity index (χ0) is 53.7. The molecule has 8 aromatic rings. The Kier molecular flexibility index (Phi) is 23.8. The molecule has 0 aliphatic heterocycles. The summed E-state index contributed by atoms with van der Waals surface area (Å²) in [7, 11) is 3.34. The summed E-state index contributed by atoms with van der Waals surface area (Å²) in [6, 6.07) is 38.5. The monoisotopic (exact) mass is 1060 g/mol. The lowest BCUT2D eigenvalue weighted by Gasteiger charge is -2.19. The molecule has 8 rings (SSSR count). The first-order valence-corrected chi connectivity index (χ1v) is 27.4. The van der Waals surface area contributed by atoms with Gasteiger partial charge in [-0.05, 0) is 83.3 Å². The van der Waals surface area contributed by atoms with Gasteiger partial charge in [-0.25, -0.2) is 18.3 Å². The van der Waals surface area contributed by atoms with Gasteiger partial charge in [0.2, 0.25) is 38.6 Å². The van der Waals surface area contributed by atoms with E-state index in [2.05, 4.69) is 221 Å². The van der Waals surface area contributed by atoms with Gasteiger partial charge in [-0.2, -0.15) is 18.3 Å². The molecule has 16 nitrogen and oxygen atoms in total. The van der Waals surface area contributed by atoms with E-state index < -0.39 is 0 Å². The first-order chi connectivity index (χ1) is 38.6. The molecule has 0 bridgehead atoms. The molecule has 0 atom stereocenters. The number of rotatable bonds is 38. The highest BCUT2D eigenvalue weighted by Crippen LogP contribution is 2.38. The van der Waals surface area contributed by atoms with Crippen molar-refractivity contribution < 1.29 is 56.2 Å². The van der Waals surface area contributed by atoms with Crippen LogP contribution in [0.4, 0.5) is 0 Å². The Labute approximate surface area is 460 Å². The molecule has 0 radical (unpaired) electrons.